The fraction of sp³-hybridized carbons (Fsp3) is 0.200. The van der Waals surface area contributed by atoms with Gasteiger partial charge < -0.3 is 10.1 Å². The summed E-state index contributed by atoms with van der Waals surface area (Å²) in [7, 11) is 1.75. The van der Waals surface area contributed by atoms with Crippen molar-refractivity contribution in [3.05, 3.63) is 69.6 Å². The van der Waals surface area contributed by atoms with Crippen LogP contribution in [0.25, 0.3) is 11.3 Å². The molecule has 0 unspecified atom stereocenters. The fourth-order valence-electron chi connectivity index (χ4n) is 2.79. The number of hydrogen-bond acceptors (Lipinski definition) is 7. The average Bonchev–Trinajstić information content (AvgIpc) is 3.17. The maximum atomic E-state index is 12.3. The lowest BCUT2D eigenvalue weighted by molar-refractivity contribution is -0.384. The van der Waals surface area contributed by atoms with Crippen molar-refractivity contribution in [1.82, 2.24) is 9.88 Å². The lowest BCUT2D eigenvalue weighted by Crippen LogP contribution is -2.29. The number of anilines is 1. The Labute approximate surface area is 180 Å². The van der Waals surface area contributed by atoms with Gasteiger partial charge >= 0.3 is 6.61 Å². The van der Waals surface area contributed by atoms with Crippen LogP contribution in [-0.4, -0.2) is 40.9 Å². The van der Waals surface area contributed by atoms with Gasteiger partial charge in [-0.15, -0.1) is 11.3 Å². The standard InChI is InChI=1S/C20H18F2N4O4S/c1-25(10-13-5-7-16(8-6-13)30-19(21)22)11-18(27)24-20-23-17(12-31-20)14-3-2-4-15(9-14)26(28)29/h2-9,12,19H,10-11H2,1H3,(H,23,24,27). The molecule has 1 heterocycles. The first-order valence-electron chi connectivity index (χ1n) is 9.02. The van der Waals surface area contributed by atoms with Crippen LogP contribution in [0.4, 0.5) is 19.6 Å². The number of amides is 1. The summed E-state index contributed by atoms with van der Waals surface area (Å²) in [6, 6.07) is 12.3. The number of thiazole rings is 1. The number of alkyl halides is 2. The van der Waals surface area contributed by atoms with E-state index in [2.05, 4.69) is 15.0 Å². The molecular weight excluding hydrogens is 430 g/mol. The molecule has 8 nitrogen and oxygen atoms in total. The molecular formula is C20H18F2N4O4S. The van der Waals surface area contributed by atoms with Gasteiger partial charge in [-0.3, -0.25) is 19.8 Å². The highest BCUT2D eigenvalue weighted by Crippen LogP contribution is 2.27. The molecule has 162 valence electrons. The first-order valence-corrected chi connectivity index (χ1v) is 9.90. The number of hydrogen-bond donors (Lipinski definition) is 1. The van der Waals surface area contributed by atoms with E-state index in [1.807, 2.05) is 0 Å². The third-order valence-corrected chi connectivity index (χ3v) is 4.88. The van der Waals surface area contributed by atoms with Gasteiger partial charge in [-0.2, -0.15) is 8.78 Å². The van der Waals surface area contributed by atoms with Gasteiger partial charge in [0.25, 0.3) is 5.69 Å². The lowest BCUT2D eigenvalue weighted by Gasteiger charge is -2.16. The molecule has 11 heteroatoms. The summed E-state index contributed by atoms with van der Waals surface area (Å²) in [4.78, 5) is 28.8. The summed E-state index contributed by atoms with van der Waals surface area (Å²) in [5.41, 5.74) is 1.91. The molecule has 3 rings (SSSR count). The summed E-state index contributed by atoms with van der Waals surface area (Å²) in [6.07, 6.45) is 0. The third-order valence-electron chi connectivity index (χ3n) is 4.12. The normalized spacial score (nSPS) is 11.0. The quantitative estimate of drug-likeness (QED) is 0.385. The second-order valence-corrected chi connectivity index (χ2v) is 7.45. The summed E-state index contributed by atoms with van der Waals surface area (Å²) in [5.74, 6) is -0.206. The van der Waals surface area contributed by atoms with Crippen LogP contribution in [0.2, 0.25) is 0 Å². The van der Waals surface area contributed by atoms with E-state index < -0.39 is 11.5 Å². The van der Waals surface area contributed by atoms with Crippen LogP contribution in [-0.2, 0) is 11.3 Å². The first kappa shape index (κ1) is 22.2. The number of aromatic nitrogens is 1. The Bertz CT molecular complexity index is 1060. The molecule has 2 aromatic carbocycles. The molecule has 3 aromatic rings. The minimum absolute atomic E-state index is 0.0356. The average molecular weight is 448 g/mol. The lowest BCUT2D eigenvalue weighted by atomic mass is 10.1. The topological polar surface area (TPSA) is 97.6 Å². The van der Waals surface area contributed by atoms with Crippen molar-refractivity contribution in [3.8, 4) is 17.0 Å². The molecule has 0 fully saturated rings. The summed E-state index contributed by atoms with van der Waals surface area (Å²) in [5, 5.41) is 15.7. The predicted octanol–water partition coefficient (Wildman–Crippen LogP) is 4.39. The van der Waals surface area contributed by atoms with E-state index >= 15 is 0 Å². The van der Waals surface area contributed by atoms with Crippen LogP contribution < -0.4 is 10.1 Å². The zero-order valence-electron chi connectivity index (χ0n) is 16.3. The number of nitro benzene ring substituents is 1. The number of carbonyl (C=O) groups is 1. The SMILES string of the molecule is CN(CC(=O)Nc1nc(-c2cccc([N+](=O)[O-])c2)cs1)Cc1ccc(OC(F)F)cc1. The highest BCUT2D eigenvalue weighted by atomic mass is 32.1. The molecule has 0 saturated carbocycles. The maximum absolute atomic E-state index is 12.3. The summed E-state index contributed by atoms with van der Waals surface area (Å²) < 4.78 is 28.7. The van der Waals surface area contributed by atoms with Crippen LogP contribution in [0.1, 0.15) is 5.56 Å². The smallest absolute Gasteiger partial charge is 0.387 e. The Balaban J connectivity index is 1.54. The van der Waals surface area contributed by atoms with Gasteiger partial charge in [0.1, 0.15) is 5.75 Å². The largest absolute Gasteiger partial charge is 0.435 e. The van der Waals surface area contributed by atoms with Crippen molar-refractivity contribution in [3.63, 3.8) is 0 Å². The van der Waals surface area contributed by atoms with Gasteiger partial charge in [-0.25, -0.2) is 4.98 Å². The Hall–Kier alpha value is -3.44. The highest BCUT2D eigenvalue weighted by Gasteiger charge is 2.13. The Morgan fingerprint density at radius 2 is 2.03 bits per heavy atom. The van der Waals surface area contributed by atoms with E-state index in [0.717, 1.165) is 5.56 Å². The van der Waals surface area contributed by atoms with Gasteiger partial charge in [-0.1, -0.05) is 24.3 Å². The van der Waals surface area contributed by atoms with Crippen molar-refractivity contribution >= 4 is 28.1 Å². The van der Waals surface area contributed by atoms with E-state index in [1.165, 1.54) is 35.6 Å². The second-order valence-electron chi connectivity index (χ2n) is 6.59. The minimum atomic E-state index is -2.87. The number of nitrogens with one attached hydrogen (secondary N) is 1. The Kier molecular flexibility index (Phi) is 7.21. The van der Waals surface area contributed by atoms with E-state index in [0.29, 0.717) is 22.9 Å². The molecule has 0 aliphatic carbocycles. The van der Waals surface area contributed by atoms with E-state index in [1.54, 1.807) is 41.6 Å². The number of nitro groups is 1. The number of carbonyl (C=O) groups excluding carboxylic acids is 1. The zero-order chi connectivity index (χ0) is 22.4. The van der Waals surface area contributed by atoms with Crippen LogP contribution >= 0.6 is 11.3 Å². The minimum Gasteiger partial charge on any atom is -0.435 e. The molecule has 0 bridgehead atoms. The van der Waals surface area contributed by atoms with Crippen LogP contribution in [0.15, 0.2) is 53.9 Å². The number of likely N-dealkylation sites (N-methyl/N-ethyl adjacent to an activating group) is 1. The molecule has 0 spiro atoms. The van der Waals surface area contributed by atoms with Crippen molar-refractivity contribution in [1.29, 1.82) is 0 Å². The van der Waals surface area contributed by atoms with Crippen LogP contribution in [0, 0.1) is 10.1 Å². The number of halogens is 2. The van der Waals surface area contributed by atoms with Gasteiger partial charge in [0.05, 0.1) is 17.2 Å². The number of ether oxygens (including phenoxy) is 1. The molecule has 1 N–H and O–H groups in total. The van der Waals surface area contributed by atoms with Crippen molar-refractivity contribution < 1.29 is 23.2 Å². The van der Waals surface area contributed by atoms with Gasteiger partial charge in [-0.05, 0) is 24.7 Å². The zero-order valence-corrected chi connectivity index (χ0v) is 17.1. The molecule has 0 saturated heterocycles. The van der Waals surface area contributed by atoms with Crippen LogP contribution in [0.5, 0.6) is 5.75 Å². The summed E-state index contributed by atoms with van der Waals surface area (Å²) >= 11 is 1.22. The maximum Gasteiger partial charge on any atom is 0.387 e. The van der Waals surface area contributed by atoms with Crippen LogP contribution in [0.3, 0.4) is 0 Å². The highest BCUT2D eigenvalue weighted by molar-refractivity contribution is 7.14. The van der Waals surface area contributed by atoms with Gasteiger partial charge in [0, 0.05) is 29.6 Å². The molecule has 1 aromatic heterocycles. The number of nitrogens with zero attached hydrogens (tertiary/aromatic N) is 3. The Morgan fingerprint density at radius 1 is 1.29 bits per heavy atom. The van der Waals surface area contributed by atoms with Crippen molar-refractivity contribution in [2.75, 3.05) is 18.9 Å². The number of non-ortho nitro benzene ring substituents is 1. The Morgan fingerprint density at radius 3 is 2.71 bits per heavy atom. The molecule has 0 aliphatic rings. The monoisotopic (exact) mass is 448 g/mol. The van der Waals surface area contributed by atoms with Crippen molar-refractivity contribution in [2.24, 2.45) is 0 Å². The molecule has 0 radical (unpaired) electrons. The second kappa shape index (κ2) is 10.0. The molecule has 31 heavy (non-hydrogen) atoms. The molecule has 0 atom stereocenters. The molecule has 1 amide bonds. The van der Waals surface area contributed by atoms with Gasteiger partial charge in [0.2, 0.25) is 5.91 Å². The fourth-order valence-corrected chi connectivity index (χ4v) is 3.53. The first-order chi connectivity index (χ1) is 14.8. The van der Waals surface area contributed by atoms with E-state index in [-0.39, 0.29) is 23.9 Å². The van der Waals surface area contributed by atoms with E-state index in [4.69, 9.17) is 0 Å². The number of benzene rings is 2. The predicted molar refractivity (Wildman–Crippen MR) is 112 cm³/mol. The molecule has 0 aliphatic heterocycles. The third kappa shape index (κ3) is 6.52. The number of rotatable bonds is 9. The van der Waals surface area contributed by atoms with E-state index in [9.17, 15) is 23.7 Å². The van der Waals surface area contributed by atoms with Gasteiger partial charge in [0.15, 0.2) is 5.13 Å². The van der Waals surface area contributed by atoms with Crippen molar-refractivity contribution in [2.45, 2.75) is 13.2 Å². The summed E-state index contributed by atoms with van der Waals surface area (Å²) in [6.45, 7) is -2.36.